The summed E-state index contributed by atoms with van der Waals surface area (Å²) >= 11 is 0. The molecule has 1 fully saturated rings. The molecule has 1 saturated heterocycles. The normalized spacial score (nSPS) is 17.5. The maximum absolute atomic E-state index is 12.2. The van der Waals surface area contributed by atoms with E-state index in [1.807, 2.05) is 30.7 Å². The van der Waals surface area contributed by atoms with E-state index in [1.165, 1.54) is 0 Å². The highest BCUT2D eigenvalue weighted by molar-refractivity contribution is 5.85. The van der Waals surface area contributed by atoms with Crippen LogP contribution in [0, 0.1) is 0 Å². The van der Waals surface area contributed by atoms with Crippen molar-refractivity contribution in [3.8, 4) is 0 Å². The number of rotatable bonds is 8. The van der Waals surface area contributed by atoms with Crippen LogP contribution < -0.4 is 5.32 Å². The van der Waals surface area contributed by atoms with E-state index >= 15 is 0 Å². The predicted octanol–water partition coefficient (Wildman–Crippen LogP) is 1.66. The lowest BCUT2D eigenvalue weighted by atomic mass is 10.1. The van der Waals surface area contributed by atoms with Crippen molar-refractivity contribution in [2.45, 2.75) is 52.0 Å². The highest BCUT2D eigenvalue weighted by atomic mass is 35.5. The lowest BCUT2D eigenvalue weighted by molar-refractivity contribution is -0.133. The number of hydrogen-bond donors (Lipinski definition) is 1. The Kier molecular flexibility index (Phi) is 10.4. The number of amides is 2. The molecule has 0 aromatic heterocycles. The average Bonchev–Trinajstić information content (AvgIpc) is 2.89. The molecule has 0 radical (unpaired) electrons. The fourth-order valence-corrected chi connectivity index (χ4v) is 2.88. The third kappa shape index (κ3) is 6.22. The Morgan fingerprint density at radius 1 is 1.24 bits per heavy atom. The fourth-order valence-electron chi connectivity index (χ4n) is 2.88. The number of hydrogen-bond acceptors (Lipinski definition) is 3. The van der Waals surface area contributed by atoms with Gasteiger partial charge >= 0.3 is 0 Å². The molecule has 0 aromatic rings. The third-order valence-corrected chi connectivity index (χ3v) is 4.03. The molecule has 0 saturated carbocycles. The van der Waals surface area contributed by atoms with E-state index in [2.05, 4.69) is 5.32 Å². The minimum Gasteiger partial charge on any atom is -0.343 e. The zero-order chi connectivity index (χ0) is 15.0. The maximum Gasteiger partial charge on any atom is 0.222 e. The van der Waals surface area contributed by atoms with Gasteiger partial charge in [-0.05, 0) is 40.2 Å². The molecular formula is C15H30ClN3O2. The van der Waals surface area contributed by atoms with Crippen LogP contribution in [0.1, 0.15) is 46.0 Å². The van der Waals surface area contributed by atoms with Crippen LogP contribution in [0.15, 0.2) is 0 Å². The van der Waals surface area contributed by atoms with Gasteiger partial charge in [0.05, 0.1) is 0 Å². The second kappa shape index (κ2) is 10.9. The van der Waals surface area contributed by atoms with E-state index in [4.69, 9.17) is 0 Å². The molecule has 0 aromatic carbocycles. The number of likely N-dealkylation sites (tertiary alicyclic amines) is 1. The Labute approximate surface area is 134 Å². The highest BCUT2D eigenvalue weighted by Gasteiger charge is 2.27. The number of carbonyl (C=O) groups is 2. The molecule has 1 aliphatic heterocycles. The summed E-state index contributed by atoms with van der Waals surface area (Å²) in [6, 6.07) is 0.339. The van der Waals surface area contributed by atoms with Crippen molar-refractivity contribution in [2.75, 3.05) is 33.2 Å². The molecule has 21 heavy (non-hydrogen) atoms. The van der Waals surface area contributed by atoms with Crippen molar-refractivity contribution in [2.24, 2.45) is 0 Å². The van der Waals surface area contributed by atoms with Gasteiger partial charge in [-0.25, -0.2) is 0 Å². The summed E-state index contributed by atoms with van der Waals surface area (Å²) in [5.74, 6) is 0.367. The first-order chi connectivity index (χ1) is 9.63. The fraction of sp³-hybridized carbons (Fsp3) is 0.867. The Morgan fingerprint density at radius 2 is 1.90 bits per heavy atom. The van der Waals surface area contributed by atoms with Gasteiger partial charge in [-0.2, -0.15) is 0 Å². The smallest absolute Gasteiger partial charge is 0.222 e. The van der Waals surface area contributed by atoms with Crippen LogP contribution in [0.25, 0.3) is 0 Å². The van der Waals surface area contributed by atoms with Crippen LogP contribution in [0.2, 0.25) is 0 Å². The quantitative estimate of drug-likeness (QED) is 0.740. The third-order valence-electron chi connectivity index (χ3n) is 4.03. The lowest BCUT2D eigenvalue weighted by Crippen LogP contribution is -2.40. The number of nitrogens with zero attached hydrogens (tertiary/aromatic N) is 2. The number of likely N-dealkylation sites (N-methyl/N-ethyl adjacent to an activating group) is 1. The highest BCUT2D eigenvalue weighted by Crippen LogP contribution is 2.18. The summed E-state index contributed by atoms with van der Waals surface area (Å²) in [7, 11) is 1.92. The largest absolute Gasteiger partial charge is 0.343 e. The molecule has 0 spiro atoms. The van der Waals surface area contributed by atoms with Crippen LogP contribution in [0.5, 0.6) is 0 Å². The van der Waals surface area contributed by atoms with E-state index in [1.54, 1.807) is 0 Å². The lowest BCUT2D eigenvalue weighted by Gasteiger charge is -2.25. The predicted molar refractivity (Wildman–Crippen MR) is 87.7 cm³/mol. The molecule has 1 unspecified atom stereocenters. The molecule has 1 rings (SSSR count). The molecule has 0 bridgehead atoms. The van der Waals surface area contributed by atoms with Crippen molar-refractivity contribution in [3.05, 3.63) is 0 Å². The van der Waals surface area contributed by atoms with Gasteiger partial charge in [0.2, 0.25) is 11.8 Å². The zero-order valence-electron chi connectivity index (χ0n) is 13.6. The molecule has 1 aliphatic rings. The molecule has 1 heterocycles. The molecule has 1 atom stereocenters. The Balaban J connectivity index is 0.00000400. The maximum atomic E-state index is 12.2. The summed E-state index contributed by atoms with van der Waals surface area (Å²) in [5.41, 5.74) is 0. The Hall–Kier alpha value is -0.810. The first kappa shape index (κ1) is 20.2. The first-order valence-electron chi connectivity index (χ1n) is 7.85. The molecule has 2 amide bonds. The van der Waals surface area contributed by atoms with E-state index in [9.17, 15) is 9.59 Å². The van der Waals surface area contributed by atoms with Crippen LogP contribution in [0.3, 0.4) is 0 Å². The van der Waals surface area contributed by atoms with Gasteiger partial charge in [0, 0.05) is 45.1 Å². The number of nitrogens with one attached hydrogen (secondary N) is 1. The summed E-state index contributed by atoms with van der Waals surface area (Å²) in [5, 5.41) is 3.14. The molecule has 1 N–H and O–H groups in total. The van der Waals surface area contributed by atoms with Crippen LogP contribution >= 0.6 is 12.4 Å². The van der Waals surface area contributed by atoms with Crippen molar-refractivity contribution < 1.29 is 9.59 Å². The Bertz CT molecular complexity index is 322. The Morgan fingerprint density at radius 3 is 2.48 bits per heavy atom. The van der Waals surface area contributed by atoms with E-state index in [-0.39, 0.29) is 24.2 Å². The van der Waals surface area contributed by atoms with Crippen molar-refractivity contribution in [1.29, 1.82) is 0 Å². The van der Waals surface area contributed by atoms with Crippen LogP contribution in [-0.4, -0.2) is 60.9 Å². The van der Waals surface area contributed by atoms with Gasteiger partial charge in [0.25, 0.3) is 0 Å². The SMILES string of the molecule is CCN(CC)C(=O)CCCC(=O)N1CCCC1CNC.Cl. The zero-order valence-corrected chi connectivity index (χ0v) is 14.4. The summed E-state index contributed by atoms with van der Waals surface area (Å²) in [4.78, 5) is 27.9. The van der Waals surface area contributed by atoms with Crippen LogP contribution in [0.4, 0.5) is 0 Å². The molecular weight excluding hydrogens is 290 g/mol. The molecule has 124 valence electrons. The molecule has 0 aliphatic carbocycles. The van der Waals surface area contributed by atoms with E-state index < -0.39 is 0 Å². The van der Waals surface area contributed by atoms with Crippen molar-refractivity contribution >= 4 is 24.2 Å². The second-order valence-electron chi connectivity index (χ2n) is 5.36. The monoisotopic (exact) mass is 319 g/mol. The number of halogens is 1. The first-order valence-corrected chi connectivity index (χ1v) is 7.85. The number of carbonyl (C=O) groups excluding carboxylic acids is 2. The van der Waals surface area contributed by atoms with E-state index in [0.717, 1.165) is 39.0 Å². The van der Waals surface area contributed by atoms with Crippen molar-refractivity contribution in [3.63, 3.8) is 0 Å². The summed E-state index contributed by atoms with van der Waals surface area (Å²) < 4.78 is 0. The standard InChI is InChI=1S/C15H29N3O2.ClH/c1-4-17(5-2)14(19)9-6-10-15(20)18-11-7-8-13(18)12-16-3;/h13,16H,4-12H2,1-3H3;1H. The van der Waals surface area contributed by atoms with Gasteiger partial charge in [-0.15, -0.1) is 12.4 Å². The summed E-state index contributed by atoms with van der Waals surface area (Å²) in [6.45, 7) is 7.21. The summed E-state index contributed by atoms with van der Waals surface area (Å²) in [6.07, 6.45) is 3.82. The van der Waals surface area contributed by atoms with Gasteiger partial charge in [0.15, 0.2) is 0 Å². The second-order valence-corrected chi connectivity index (χ2v) is 5.36. The molecule has 5 nitrogen and oxygen atoms in total. The topological polar surface area (TPSA) is 52.7 Å². The van der Waals surface area contributed by atoms with Gasteiger partial charge in [-0.3, -0.25) is 9.59 Å². The van der Waals surface area contributed by atoms with Crippen molar-refractivity contribution in [1.82, 2.24) is 15.1 Å². The van der Waals surface area contributed by atoms with Gasteiger partial charge in [-0.1, -0.05) is 0 Å². The van der Waals surface area contributed by atoms with Crippen LogP contribution in [-0.2, 0) is 9.59 Å². The molecule has 6 heteroatoms. The van der Waals surface area contributed by atoms with Gasteiger partial charge < -0.3 is 15.1 Å². The minimum absolute atomic E-state index is 0. The average molecular weight is 320 g/mol. The van der Waals surface area contributed by atoms with E-state index in [0.29, 0.717) is 25.3 Å². The van der Waals surface area contributed by atoms with Gasteiger partial charge in [0.1, 0.15) is 0 Å². The minimum atomic E-state index is 0.